The highest BCUT2D eigenvalue weighted by Crippen LogP contribution is 2.51. The number of hydrogen-bond donors (Lipinski definition) is 0. The first kappa shape index (κ1) is 35.0. The van der Waals surface area contributed by atoms with Gasteiger partial charge in [0.1, 0.15) is 0 Å². The number of hydrogen-bond acceptors (Lipinski definition) is 1. The van der Waals surface area contributed by atoms with E-state index in [4.69, 9.17) is 0 Å². The molecule has 0 amide bonds. The maximum absolute atomic E-state index is 2.50. The topological polar surface area (TPSA) is 3.24 Å². The molecule has 61 heavy (non-hydrogen) atoms. The number of nitrogens with zero attached hydrogens (tertiary/aromatic N) is 1. The molecule has 0 heterocycles. The van der Waals surface area contributed by atoms with Gasteiger partial charge < -0.3 is 4.90 Å². The standard InChI is InChI=1S/C60H39N/c1-4-20-47-40(15-1)18-13-29-48(47)42-31-35-45(36-32-42)61(46-37-33-43(34-38-46)58-39-44-17-3-6-22-50(44)51-23-7-8-26-54(51)58)60-57-28-12-10-25-53(57)52-24-9-11-27-56(52)59(60)55-30-14-19-41-16-2-5-21-49(41)55/h1-39H. The summed E-state index contributed by atoms with van der Waals surface area (Å²) >= 11 is 0. The van der Waals surface area contributed by atoms with Crippen molar-refractivity contribution in [2.45, 2.75) is 0 Å². The van der Waals surface area contributed by atoms with E-state index in [-0.39, 0.29) is 0 Å². The van der Waals surface area contributed by atoms with Gasteiger partial charge in [-0.1, -0.05) is 206 Å². The normalized spacial score (nSPS) is 11.6. The fraction of sp³-hybridized carbons (Fsp3) is 0. The summed E-state index contributed by atoms with van der Waals surface area (Å²) in [5.74, 6) is 0. The molecule has 0 atom stereocenters. The summed E-state index contributed by atoms with van der Waals surface area (Å²) in [7, 11) is 0. The van der Waals surface area contributed by atoms with Crippen LogP contribution in [0.1, 0.15) is 0 Å². The molecule has 0 aliphatic rings. The van der Waals surface area contributed by atoms with E-state index in [0.717, 1.165) is 17.1 Å². The highest BCUT2D eigenvalue weighted by atomic mass is 15.1. The van der Waals surface area contributed by atoms with E-state index in [0.29, 0.717) is 0 Å². The summed E-state index contributed by atoms with van der Waals surface area (Å²) in [4.78, 5) is 2.50. The lowest BCUT2D eigenvalue weighted by atomic mass is 9.88. The van der Waals surface area contributed by atoms with Gasteiger partial charge in [0.25, 0.3) is 0 Å². The summed E-state index contributed by atoms with van der Waals surface area (Å²) in [5.41, 5.74) is 10.6. The molecule has 0 spiro atoms. The minimum atomic E-state index is 1.09. The predicted octanol–water partition coefficient (Wildman–Crippen LogP) is 17.1. The van der Waals surface area contributed by atoms with Crippen LogP contribution >= 0.6 is 0 Å². The van der Waals surface area contributed by atoms with Gasteiger partial charge in [-0.2, -0.15) is 0 Å². The maximum Gasteiger partial charge on any atom is 0.0625 e. The zero-order chi connectivity index (χ0) is 40.3. The zero-order valence-electron chi connectivity index (χ0n) is 33.5. The van der Waals surface area contributed by atoms with Crippen LogP contribution in [0.25, 0.3) is 98.0 Å². The summed E-state index contributed by atoms with van der Waals surface area (Å²) in [6.45, 7) is 0. The molecule has 284 valence electrons. The van der Waals surface area contributed by atoms with Gasteiger partial charge in [-0.15, -0.1) is 0 Å². The van der Waals surface area contributed by atoms with Crippen LogP contribution in [0.5, 0.6) is 0 Å². The van der Waals surface area contributed by atoms with Crippen molar-refractivity contribution in [2.24, 2.45) is 0 Å². The lowest BCUT2D eigenvalue weighted by Crippen LogP contribution is -2.12. The second-order valence-corrected chi connectivity index (χ2v) is 16.0. The number of benzene rings is 12. The molecule has 0 unspecified atom stereocenters. The summed E-state index contributed by atoms with van der Waals surface area (Å²) in [6.07, 6.45) is 0. The van der Waals surface area contributed by atoms with Crippen molar-refractivity contribution >= 4 is 81.7 Å². The van der Waals surface area contributed by atoms with Crippen LogP contribution < -0.4 is 4.90 Å². The van der Waals surface area contributed by atoms with Gasteiger partial charge in [0.15, 0.2) is 0 Å². The van der Waals surface area contributed by atoms with E-state index in [2.05, 4.69) is 241 Å². The Morgan fingerprint density at radius 1 is 0.230 bits per heavy atom. The van der Waals surface area contributed by atoms with Crippen molar-refractivity contribution < 1.29 is 0 Å². The Morgan fingerprint density at radius 2 is 0.623 bits per heavy atom. The first-order valence-electron chi connectivity index (χ1n) is 21.1. The van der Waals surface area contributed by atoms with Crippen LogP contribution in [0.2, 0.25) is 0 Å². The highest BCUT2D eigenvalue weighted by molar-refractivity contribution is 6.24. The molecule has 0 aromatic heterocycles. The summed E-state index contributed by atoms with van der Waals surface area (Å²) in [6, 6.07) is 87.0. The molecule has 12 aromatic rings. The van der Waals surface area contributed by atoms with Gasteiger partial charge >= 0.3 is 0 Å². The van der Waals surface area contributed by atoms with E-state index in [9.17, 15) is 0 Å². The molecule has 0 bridgehead atoms. The zero-order valence-corrected chi connectivity index (χ0v) is 33.5. The second kappa shape index (κ2) is 14.4. The third kappa shape index (κ3) is 5.78. The lowest BCUT2D eigenvalue weighted by Gasteiger charge is -2.31. The van der Waals surface area contributed by atoms with E-state index in [1.54, 1.807) is 0 Å². The average Bonchev–Trinajstić information content (AvgIpc) is 3.34. The maximum atomic E-state index is 2.50. The third-order valence-corrected chi connectivity index (χ3v) is 12.6. The molecule has 0 N–H and O–H groups in total. The van der Waals surface area contributed by atoms with Gasteiger partial charge in [-0.3, -0.25) is 0 Å². The number of anilines is 3. The van der Waals surface area contributed by atoms with Crippen LogP contribution in [-0.2, 0) is 0 Å². The number of rotatable bonds is 6. The molecular weight excluding hydrogens is 735 g/mol. The molecule has 1 heteroatoms. The summed E-state index contributed by atoms with van der Waals surface area (Å²) < 4.78 is 0. The van der Waals surface area contributed by atoms with Crippen LogP contribution in [0, 0.1) is 0 Å². The van der Waals surface area contributed by atoms with Crippen LogP contribution in [-0.4, -0.2) is 0 Å². The Morgan fingerprint density at radius 3 is 1.23 bits per heavy atom. The Hall–Kier alpha value is -8.00. The Bertz CT molecular complexity index is 3630. The van der Waals surface area contributed by atoms with E-state index in [1.165, 1.54) is 98.0 Å². The van der Waals surface area contributed by atoms with E-state index < -0.39 is 0 Å². The van der Waals surface area contributed by atoms with Crippen molar-refractivity contribution in [1.82, 2.24) is 0 Å². The van der Waals surface area contributed by atoms with Crippen molar-refractivity contribution in [3.63, 3.8) is 0 Å². The van der Waals surface area contributed by atoms with E-state index >= 15 is 0 Å². The Balaban J connectivity index is 1.13. The monoisotopic (exact) mass is 773 g/mol. The third-order valence-electron chi connectivity index (χ3n) is 12.6. The minimum Gasteiger partial charge on any atom is -0.309 e. The molecule has 0 saturated carbocycles. The molecule has 0 radical (unpaired) electrons. The highest BCUT2D eigenvalue weighted by Gasteiger charge is 2.25. The molecule has 0 aliphatic carbocycles. The molecule has 12 rings (SSSR count). The van der Waals surface area contributed by atoms with Gasteiger partial charge in [0.2, 0.25) is 0 Å². The fourth-order valence-electron chi connectivity index (χ4n) is 9.83. The molecule has 0 saturated heterocycles. The largest absolute Gasteiger partial charge is 0.309 e. The Kier molecular flexibility index (Phi) is 8.25. The number of fused-ring (bicyclic) bond motifs is 8. The predicted molar refractivity (Wildman–Crippen MR) is 262 cm³/mol. The smallest absolute Gasteiger partial charge is 0.0625 e. The van der Waals surface area contributed by atoms with E-state index in [1.807, 2.05) is 0 Å². The van der Waals surface area contributed by atoms with Gasteiger partial charge in [0, 0.05) is 22.3 Å². The quantitative estimate of drug-likeness (QED) is 0.152. The van der Waals surface area contributed by atoms with Crippen molar-refractivity contribution in [3.05, 3.63) is 237 Å². The first-order valence-corrected chi connectivity index (χ1v) is 21.1. The van der Waals surface area contributed by atoms with Crippen molar-refractivity contribution in [1.29, 1.82) is 0 Å². The van der Waals surface area contributed by atoms with Gasteiger partial charge in [0.05, 0.1) is 5.69 Å². The van der Waals surface area contributed by atoms with Gasteiger partial charge in [-0.05, 0) is 117 Å². The van der Waals surface area contributed by atoms with Crippen molar-refractivity contribution in [3.8, 4) is 33.4 Å². The molecule has 12 aromatic carbocycles. The molecule has 1 nitrogen and oxygen atoms in total. The fourth-order valence-corrected chi connectivity index (χ4v) is 9.83. The van der Waals surface area contributed by atoms with Crippen LogP contribution in [0.4, 0.5) is 17.1 Å². The molecule has 0 aliphatic heterocycles. The van der Waals surface area contributed by atoms with Crippen molar-refractivity contribution in [2.75, 3.05) is 4.90 Å². The second-order valence-electron chi connectivity index (χ2n) is 16.0. The SMILES string of the molecule is c1ccc2c(-c3ccc(N(c4ccc(-c5cc6ccccc6c6ccccc56)cc4)c4c(-c5cccc6ccccc56)c5ccccc5c5ccccc45)cc3)cccc2c1. The molecule has 0 fully saturated rings. The minimum absolute atomic E-state index is 1.09. The summed E-state index contributed by atoms with van der Waals surface area (Å²) in [5, 5.41) is 14.9. The van der Waals surface area contributed by atoms with Gasteiger partial charge in [-0.25, -0.2) is 0 Å². The first-order chi connectivity index (χ1) is 30.3. The van der Waals surface area contributed by atoms with Crippen LogP contribution in [0.3, 0.4) is 0 Å². The average molecular weight is 774 g/mol. The molecular formula is C60H39N. The van der Waals surface area contributed by atoms with Crippen LogP contribution in [0.15, 0.2) is 237 Å². The lowest BCUT2D eigenvalue weighted by molar-refractivity contribution is 1.30. The Labute approximate surface area is 355 Å².